The van der Waals surface area contributed by atoms with Crippen LogP contribution in [-0.4, -0.2) is 71.6 Å². The van der Waals surface area contributed by atoms with Crippen LogP contribution in [0.2, 0.25) is 0 Å². The van der Waals surface area contributed by atoms with Gasteiger partial charge in [0.2, 0.25) is 0 Å². The molecule has 1 aliphatic heterocycles. The highest BCUT2D eigenvalue weighted by molar-refractivity contribution is 5.82. The number of allylic oxidation sites excluding steroid dienone is 1. The Morgan fingerprint density at radius 2 is 1.74 bits per heavy atom. The van der Waals surface area contributed by atoms with E-state index in [4.69, 9.17) is 44.5 Å². The van der Waals surface area contributed by atoms with Gasteiger partial charge in [-0.05, 0) is 25.5 Å². The summed E-state index contributed by atoms with van der Waals surface area (Å²) in [6, 6.07) is 7.55. The molecular weight excluding hydrogens is 508 g/mol. The van der Waals surface area contributed by atoms with Crippen molar-refractivity contribution in [2.45, 2.75) is 32.8 Å². The van der Waals surface area contributed by atoms with Gasteiger partial charge in [0.05, 0.1) is 27.4 Å². The fourth-order valence-corrected chi connectivity index (χ4v) is 3.06. The molecule has 0 saturated carbocycles. The lowest BCUT2D eigenvalue weighted by atomic mass is 10.0. The first-order valence-electron chi connectivity index (χ1n) is 11.9. The van der Waals surface area contributed by atoms with Crippen molar-refractivity contribution in [2.24, 2.45) is 0 Å². The summed E-state index contributed by atoms with van der Waals surface area (Å²) in [4.78, 5) is 11.5. The Morgan fingerprint density at radius 3 is 2.21 bits per heavy atom. The number of hydrogen-bond acceptors (Lipinski definition) is 10. The van der Waals surface area contributed by atoms with Gasteiger partial charge in [0, 0.05) is 30.2 Å². The Hall–Kier alpha value is -4.33. The van der Waals surface area contributed by atoms with E-state index in [-0.39, 0.29) is 31.3 Å². The zero-order valence-corrected chi connectivity index (χ0v) is 22.7. The van der Waals surface area contributed by atoms with Crippen molar-refractivity contribution < 1.29 is 49.3 Å². The molecule has 0 aliphatic carbocycles. The summed E-state index contributed by atoms with van der Waals surface area (Å²) in [6.45, 7) is 4.24. The van der Waals surface area contributed by atoms with Crippen molar-refractivity contribution in [3.8, 4) is 47.3 Å². The molecule has 0 aromatic heterocycles. The number of fused-ring (bicyclic) bond motifs is 1. The van der Waals surface area contributed by atoms with Crippen molar-refractivity contribution in [1.29, 1.82) is 0 Å². The molecule has 10 nitrogen and oxygen atoms in total. The molecule has 0 radical (unpaired) electrons. The van der Waals surface area contributed by atoms with Gasteiger partial charge in [-0.2, -0.15) is 0 Å². The van der Waals surface area contributed by atoms with Crippen LogP contribution in [-0.2, 0) is 16.0 Å². The van der Waals surface area contributed by atoms with E-state index in [1.54, 1.807) is 26.4 Å². The van der Waals surface area contributed by atoms with Gasteiger partial charge in [0.15, 0.2) is 17.2 Å². The molecule has 0 amide bonds. The molecule has 1 heterocycles. The lowest BCUT2D eigenvalue weighted by Gasteiger charge is -2.26. The SMILES string of the molecule is C#C.CC/C=C(/C)CO.COc1cc(OC)c2c(c1)OCC(OC(=O)/C=C/CO)C2.Oc1cccc(O)c1O. The summed E-state index contributed by atoms with van der Waals surface area (Å²) in [5, 5.41) is 43.1. The van der Waals surface area contributed by atoms with E-state index in [0.29, 0.717) is 23.7 Å². The smallest absolute Gasteiger partial charge is 0.330 e. The van der Waals surface area contributed by atoms with Crippen LogP contribution in [0, 0.1) is 12.8 Å². The van der Waals surface area contributed by atoms with E-state index < -0.39 is 17.8 Å². The number of rotatable bonds is 7. The van der Waals surface area contributed by atoms with Gasteiger partial charge in [-0.3, -0.25) is 0 Å². The molecule has 10 heteroatoms. The number of para-hydroxylation sites is 1. The van der Waals surface area contributed by atoms with Gasteiger partial charge in [-0.1, -0.05) is 30.7 Å². The minimum atomic E-state index is -0.506. The Bertz CT molecular complexity index is 1050. The van der Waals surface area contributed by atoms with Crippen molar-refractivity contribution in [1.82, 2.24) is 0 Å². The summed E-state index contributed by atoms with van der Waals surface area (Å²) < 4.78 is 21.4. The fraction of sp³-hybridized carbons (Fsp3) is 0.345. The number of ether oxygens (including phenoxy) is 4. The molecule has 2 aromatic carbocycles. The molecule has 1 atom stereocenters. The Labute approximate surface area is 229 Å². The van der Waals surface area contributed by atoms with Crippen LogP contribution in [0.4, 0.5) is 0 Å². The standard InChI is InChI=1S/C15H18O6.C6H6O3.C6H12O.C2H2/c1-18-10-7-13(19-2)12-6-11(9-20-14(12)8-10)21-15(17)4-3-5-16;7-4-2-1-3-5(8)6(4)9;1-3-4-6(2)5-7;1-2/h3-4,7-8,11,16H,5-6,9H2,1-2H3;1-3,7-9H;4,7H,3,5H2,1-2H3;1-2H/b4-3+;;6-4-;. The largest absolute Gasteiger partial charge is 0.504 e. The van der Waals surface area contributed by atoms with E-state index in [1.165, 1.54) is 30.4 Å². The quantitative estimate of drug-likeness (QED) is 0.115. The molecule has 3 rings (SSSR count). The third kappa shape index (κ3) is 12.6. The highest BCUT2D eigenvalue weighted by Gasteiger charge is 2.26. The highest BCUT2D eigenvalue weighted by Crippen LogP contribution is 2.37. The van der Waals surface area contributed by atoms with Crippen LogP contribution >= 0.6 is 0 Å². The lowest BCUT2D eigenvalue weighted by molar-refractivity contribution is -0.145. The number of aliphatic hydroxyl groups excluding tert-OH is 2. The van der Waals surface area contributed by atoms with Crippen LogP contribution < -0.4 is 14.2 Å². The second kappa shape index (κ2) is 19.7. The molecular formula is C29H38O10. The fourth-order valence-electron chi connectivity index (χ4n) is 3.06. The van der Waals surface area contributed by atoms with E-state index >= 15 is 0 Å². The zero-order valence-electron chi connectivity index (χ0n) is 22.7. The van der Waals surface area contributed by atoms with Gasteiger partial charge in [-0.15, -0.1) is 12.8 Å². The zero-order chi connectivity index (χ0) is 29.8. The Balaban J connectivity index is 0.000000660. The van der Waals surface area contributed by atoms with E-state index in [1.807, 2.05) is 13.0 Å². The topological polar surface area (TPSA) is 155 Å². The van der Waals surface area contributed by atoms with Gasteiger partial charge in [0.25, 0.3) is 0 Å². The van der Waals surface area contributed by atoms with Crippen molar-refractivity contribution in [2.75, 3.05) is 34.0 Å². The number of phenolic OH excluding ortho intramolecular Hbond substituents is 3. The van der Waals surface area contributed by atoms with Crippen LogP contribution in [0.5, 0.6) is 34.5 Å². The van der Waals surface area contributed by atoms with Crippen LogP contribution in [0.15, 0.2) is 54.1 Å². The molecule has 214 valence electrons. The maximum absolute atomic E-state index is 11.5. The number of hydrogen-bond donors (Lipinski definition) is 5. The summed E-state index contributed by atoms with van der Waals surface area (Å²) in [6.07, 6.45) is 13.7. The van der Waals surface area contributed by atoms with Crippen LogP contribution in [0.25, 0.3) is 0 Å². The number of carbonyl (C=O) groups excluding carboxylic acids is 1. The molecule has 0 saturated heterocycles. The van der Waals surface area contributed by atoms with Gasteiger partial charge in [-0.25, -0.2) is 4.79 Å². The second-order valence-corrected chi connectivity index (χ2v) is 7.73. The first-order chi connectivity index (χ1) is 18.7. The highest BCUT2D eigenvalue weighted by atomic mass is 16.6. The predicted octanol–water partition coefficient (Wildman–Crippen LogP) is 3.49. The molecule has 39 heavy (non-hydrogen) atoms. The number of carbonyl (C=O) groups is 1. The van der Waals surface area contributed by atoms with E-state index in [9.17, 15) is 4.79 Å². The van der Waals surface area contributed by atoms with Gasteiger partial charge < -0.3 is 44.5 Å². The number of esters is 1. The monoisotopic (exact) mass is 546 g/mol. The van der Waals surface area contributed by atoms with Crippen molar-refractivity contribution in [3.63, 3.8) is 0 Å². The number of aliphatic hydroxyl groups is 2. The molecule has 0 fully saturated rings. The van der Waals surface area contributed by atoms with E-state index in [0.717, 1.165) is 17.6 Å². The number of benzene rings is 2. The predicted molar refractivity (Wildman–Crippen MR) is 147 cm³/mol. The summed E-state index contributed by atoms with van der Waals surface area (Å²) in [5.74, 6) is 0.350. The van der Waals surface area contributed by atoms with Crippen molar-refractivity contribution in [3.05, 3.63) is 59.7 Å². The molecule has 0 spiro atoms. The molecule has 0 bridgehead atoms. The first-order valence-corrected chi connectivity index (χ1v) is 11.9. The molecule has 1 aliphatic rings. The normalized spacial score (nSPS) is 13.5. The summed E-state index contributed by atoms with van der Waals surface area (Å²) >= 11 is 0. The first kappa shape index (κ1) is 34.7. The summed E-state index contributed by atoms with van der Waals surface area (Å²) in [5.41, 5.74) is 1.90. The Morgan fingerprint density at radius 1 is 1.10 bits per heavy atom. The average molecular weight is 547 g/mol. The van der Waals surface area contributed by atoms with Gasteiger partial charge >= 0.3 is 5.97 Å². The maximum atomic E-state index is 11.5. The third-order valence-corrected chi connectivity index (χ3v) is 4.89. The molecule has 5 N–H and O–H groups in total. The molecule has 2 aromatic rings. The number of aromatic hydroxyl groups is 3. The van der Waals surface area contributed by atoms with Gasteiger partial charge in [0.1, 0.15) is 30.0 Å². The third-order valence-electron chi connectivity index (χ3n) is 4.89. The Kier molecular flexibility index (Phi) is 17.5. The second-order valence-electron chi connectivity index (χ2n) is 7.73. The lowest BCUT2D eigenvalue weighted by Crippen LogP contribution is -2.30. The van der Waals surface area contributed by atoms with Crippen molar-refractivity contribution >= 4 is 5.97 Å². The number of terminal acetylenes is 1. The number of methoxy groups -OCH3 is 2. The van der Waals surface area contributed by atoms with Crippen LogP contribution in [0.1, 0.15) is 25.8 Å². The minimum absolute atomic E-state index is 0.202. The van der Waals surface area contributed by atoms with Crippen LogP contribution in [0.3, 0.4) is 0 Å². The maximum Gasteiger partial charge on any atom is 0.330 e. The average Bonchev–Trinajstić information content (AvgIpc) is 2.96. The minimum Gasteiger partial charge on any atom is -0.504 e. The molecule has 1 unspecified atom stereocenters. The number of phenols is 3. The van der Waals surface area contributed by atoms with E-state index in [2.05, 4.69) is 19.8 Å². The summed E-state index contributed by atoms with van der Waals surface area (Å²) in [7, 11) is 3.14.